The van der Waals surface area contributed by atoms with Crippen molar-refractivity contribution in [3.05, 3.63) is 23.9 Å². The lowest BCUT2D eigenvalue weighted by molar-refractivity contribution is 0.0601. The van der Waals surface area contributed by atoms with Crippen LogP contribution in [0.15, 0.2) is 18.3 Å². The zero-order valence-electron chi connectivity index (χ0n) is 9.48. The van der Waals surface area contributed by atoms with E-state index in [1.165, 1.54) is 13.5 Å². The van der Waals surface area contributed by atoms with Crippen LogP contribution in [0.4, 0.5) is 5.82 Å². The molecular weight excluding hydrogens is 204 g/mol. The molecule has 0 spiro atoms. The number of hydrogen-bond acceptors (Lipinski definition) is 4. The van der Waals surface area contributed by atoms with Crippen LogP contribution in [-0.2, 0) is 4.74 Å². The lowest BCUT2D eigenvalue weighted by atomic mass is 10.1. The van der Waals surface area contributed by atoms with Gasteiger partial charge < -0.3 is 9.64 Å². The second kappa shape index (κ2) is 4.96. The number of piperidine rings is 1. The number of hydrogen-bond donors (Lipinski definition) is 0. The molecule has 86 valence electrons. The Kier molecular flexibility index (Phi) is 3.39. The highest BCUT2D eigenvalue weighted by atomic mass is 16.5. The van der Waals surface area contributed by atoms with Crippen molar-refractivity contribution in [1.82, 2.24) is 4.98 Å². The van der Waals surface area contributed by atoms with Gasteiger partial charge in [0.1, 0.15) is 11.4 Å². The zero-order valence-corrected chi connectivity index (χ0v) is 9.48. The molecule has 1 aromatic heterocycles. The van der Waals surface area contributed by atoms with Gasteiger partial charge in [0.05, 0.1) is 7.11 Å². The summed E-state index contributed by atoms with van der Waals surface area (Å²) in [5.74, 6) is 0.447. The standard InChI is InChI=1S/C12H16N2O2/c1-16-12(15)10-6-5-7-13-11(10)14-8-3-2-4-9-14/h5-7H,2-4,8-9H2,1H3. The van der Waals surface area contributed by atoms with Crippen LogP contribution in [0.5, 0.6) is 0 Å². The van der Waals surface area contributed by atoms with Gasteiger partial charge in [-0.15, -0.1) is 0 Å². The Morgan fingerprint density at radius 1 is 1.38 bits per heavy atom. The van der Waals surface area contributed by atoms with Crippen LogP contribution in [-0.4, -0.2) is 31.2 Å². The minimum Gasteiger partial charge on any atom is -0.465 e. The fourth-order valence-electron chi connectivity index (χ4n) is 2.02. The second-order valence-electron chi connectivity index (χ2n) is 3.91. The zero-order chi connectivity index (χ0) is 11.4. The molecule has 1 fully saturated rings. The van der Waals surface area contributed by atoms with Crippen LogP contribution >= 0.6 is 0 Å². The molecular formula is C12H16N2O2. The number of carbonyl (C=O) groups is 1. The summed E-state index contributed by atoms with van der Waals surface area (Å²) in [5.41, 5.74) is 0.562. The van der Waals surface area contributed by atoms with Gasteiger partial charge in [-0.2, -0.15) is 0 Å². The van der Waals surface area contributed by atoms with E-state index in [2.05, 4.69) is 9.88 Å². The molecule has 2 rings (SSSR count). The number of nitrogens with zero attached hydrogens (tertiary/aromatic N) is 2. The average Bonchev–Trinajstić information content (AvgIpc) is 2.39. The Morgan fingerprint density at radius 2 is 2.12 bits per heavy atom. The first-order valence-corrected chi connectivity index (χ1v) is 5.61. The smallest absolute Gasteiger partial charge is 0.341 e. The predicted molar refractivity (Wildman–Crippen MR) is 61.6 cm³/mol. The topological polar surface area (TPSA) is 42.4 Å². The third-order valence-electron chi connectivity index (χ3n) is 2.85. The Balaban J connectivity index is 2.28. The van der Waals surface area contributed by atoms with Crippen molar-refractivity contribution in [2.75, 3.05) is 25.1 Å². The van der Waals surface area contributed by atoms with E-state index in [0.29, 0.717) is 5.56 Å². The van der Waals surface area contributed by atoms with Crippen molar-refractivity contribution in [1.29, 1.82) is 0 Å². The van der Waals surface area contributed by atoms with Gasteiger partial charge in [-0.05, 0) is 31.4 Å². The van der Waals surface area contributed by atoms with Crippen molar-refractivity contribution >= 4 is 11.8 Å². The van der Waals surface area contributed by atoms with Gasteiger partial charge in [0, 0.05) is 19.3 Å². The summed E-state index contributed by atoms with van der Waals surface area (Å²) in [6.45, 7) is 1.95. The molecule has 16 heavy (non-hydrogen) atoms. The normalized spacial score (nSPS) is 15.9. The second-order valence-corrected chi connectivity index (χ2v) is 3.91. The van der Waals surface area contributed by atoms with Crippen LogP contribution in [0, 0.1) is 0 Å². The minimum atomic E-state index is -0.311. The van der Waals surface area contributed by atoms with Gasteiger partial charge in [-0.1, -0.05) is 0 Å². The van der Waals surface area contributed by atoms with E-state index in [1.54, 1.807) is 18.3 Å². The van der Waals surface area contributed by atoms with E-state index in [0.717, 1.165) is 31.7 Å². The van der Waals surface area contributed by atoms with E-state index < -0.39 is 0 Å². The number of ether oxygens (including phenoxy) is 1. The van der Waals surface area contributed by atoms with Crippen molar-refractivity contribution in [3.8, 4) is 0 Å². The first kappa shape index (κ1) is 10.9. The SMILES string of the molecule is COC(=O)c1cccnc1N1CCCCC1. The molecule has 1 aliphatic heterocycles. The van der Waals surface area contributed by atoms with Crippen LogP contribution < -0.4 is 4.90 Å². The van der Waals surface area contributed by atoms with Crippen molar-refractivity contribution < 1.29 is 9.53 Å². The summed E-state index contributed by atoms with van der Waals surface area (Å²) in [6.07, 6.45) is 5.31. The summed E-state index contributed by atoms with van der Waals surface area (Å²) in [4.78, 5) is 18.0. The molecule has 1 saturated heterocycles. The predicted octanol–water partition coefficient (Wildman–Crippen LogP) is 1.86. The minimum absolute atomic E-state index is 0.311. The van der Waals surface area contributed by atoms with Gasteiger partial charge >= 0.3 is 5.97 Å². The van der Waals surface area contributed by atoms with Crippen molar-refractivity contribution in [3.63, 3.8) is 0 Å². The highest BCUT2D eigenvalue weighted by Gasteiger charge is 2.19. The maximum atomic E-state index is 11.6. The van der Waals surface area contributed by atoms with Crippen molar-refractivity contribution in [2.45, 2.75) is 19.3 Å². The Bertz CT molecular complexity index is 373. The van der Waals surface area contributed by atoms with Gasteiger partial charge in [-0.25, -0.2) is 9.78 Å². The molecule has 0 amide bonds. The molecule has 1 aliphatic rings. The molecule has 0 radical (unpaired) electrons. The Hall–Kier alpha value is -1.58. The van der Waals surface area contributed by atoms with Crippen LogP contribution in [0.3, 0.4) is 0 Å². The van der Waals surface area contributed by atoms with Crippen molar-refractivity contribution in [2.24, 2.45) is 0 Å². The number of esters is 1. The Labute approximate surface area is 95.2 Å². The number of carbonyl (C=O) groups excluding carboxylic acids is 1. The van der Waals surface area contributed by atoms with Crippen LogP contribution in [0.2, 0.25) is 0 Å². The van der Waals surface area contributed by atoms with Gasteiger partial charge in [0.25, 0.3) is 0 Å². The molecule has 0 N–H and O–H groups in total. The summed E-state index contributed by atoms with van der Waals surface area (Å²) < 4.78 is 4.76. The monoisotopic (exact) mass is 220 g/mol. The number of anilines is 1. The maximum Gasteiger partial charge on any atom is 0.341 e. The van der Waals surface area contributed by atoms with Crippen LogP contribution in [0.1, 0.15) is 29.6 Å². The number of methoxy groups -OCH3 is 1. The van der Waals surface area contributed by atoms with E-state index in [9.17, 15) is 4.79 Å². The number of rotatable bonds is 2. The molecule has 2 heterocycles. The van der Waals surface area contributed by atoms with Gasteiger partial charge in [-0.3, -0.25) is 0 Å². The first-order valence-electron chi connectivity index (χ1n) is 5.61. The quantitative estimate of drug-likeness (QED) is 0.713. The fraction of sp³-hybridized carbons (Fsp3) is 0.500. The molecule has 0 atom stereocenters. The van der Waals surface area contributed by atoms with E-state index in [4.69, 9.17) is 4.74 Å². The Morgan fingerprint density at radius 3 is 2.81 bits per heavy atom. The lowest BCUT2D eigenvalue weighted by Crippen LogP contribution is -2.31. The molecule has 0 aliphatic carbocycles. The van der Waals surface area contributed by atoms with Gasteiger partial charge in [0.15, 0.2) is 0 Å². The average molecular weight is 220 g/mol. The molecule has 0 bridgehead atoms. The highest BCUT2D eigenvalue weighted by molar-refractivity contribution is 5.94. The summed E-state index contributed by atoms with van der Waals surface area (Å²) in [6, 6.07) is 3.53. The summed E-state index contributed by atoms with van der Waals surface area (Å²) >= 11 is 0. The summed E-state index contributed by atoms with van der Waals surface area (Å²) in [5, 5.41) is 0. The molecule has 0 unspecified atom stereocenters. The number of pyridine rings is 1. The van der Waals surface area contributed by atoms with Gasteiger partial charge in [0.2, 0.25) is 0 Å². The first-order chi connectivity index (χ1) is 7.83. The molecule has 0 aromatic carbocycles. The molecule has 1 aromatic rings. The fourth-order valence-corrected chi connectivity index (χ4v) is 2.02. The third kappa shape index (κ3) is 2.15. The number of aromatic nitrogens is 1. The maximum absolute atomic E-state index is 11.6. The largest absolute Gasteiger partial charge is 0.465 e. The third-order valence-corrected chi connectivity index (χ3v) is 2.85. The van der Waals surface area contributed by atoms with Crippen LogP contribution in [0.25, 0.3) is 0 Å². The molecule has 4 nitrogen and oxygen atoms in total. The lowest BCUT2D eigenvalue weighted by Gasteiger charge is -2.28. The molecule has 0 saturated carbocycles. The van der Waals surface area contributed by atoms with E-state index in [-0.39, 0.29) is 5.97 Å². The van der Waals surface area contributed by atoms with E-state index >= 15 is 0 Å². The summed E-state index contributed by atoms with van der Waals surface area (Å²) in [7, 11) is 1.40. The molecule has 4 heteroatoms. The van der Waals surface area contributed by atoms with E-state index in [1.807, 2.05) is 0 Å². The highest BCUT2D eigenvalue weighted by Crippen LogP contribution is 2.21.